The molecule has 1 aromatic rings. The molecule has 132 valence electrons. The van der Waals surface area contributed by atoms with Crippen molar-refractivity contribution in [1.82, 2.24) is 10.2 Å². The van der Waals surface area contributed by atoms with E-state index in [-0.39, 0.29) is 29.5 Å². The number of amides is 2. The van der Waals surface area contributed by atoms with Gasteiger partial charge in [0.1, 0.15) is 5.82 Å². The molecule has 2 amide bonds. The van der Waals surface area contributed by atoms with E-state index in [2.05, 4.69) is 5.32 Å². The third kappa shape index (κ3) is 5.03. The molecule has 0 spiro atoms. The van der Waals surface area contributed by atoms with Crippen molar-refractivity contribution in [1.29, 1.82) is 0 Å². The number of methoxy groups -OCH3 is 1. The number of carbonyl (C=O) groups is 2. The van der Waals surface area contributed by atoms with Crippen molar-refractivity contribution in [3.05, 3.63) is 35.6 Å². The minimum absolute atomic E-state index is 0.0313. The van der Waals surface area contributed by atoms with Crippen LogP contribution < -0.4 is 5.32 Å². The van der Waals surface area contributed by atoms with E-state index in [0.717, 1.165) is 0 Å². The molecule has 24 heavy (non-hydrogen) atoms. The molecule has 0 saturated carbocycles. The first kappa shape index (κ1) is 18.4. The van der Waals surface area contributed by atoms with Crippen LogP contribution in [0.5, 0.6) is 0 Å². The number of Topliss-reactive ketones (excluding diaryl/α,β-unsaturated/α-hetero) is 1. The molecule has 0 unspecified atom stereocenters. The zero-order chi connectivity index (χ0) is 17.5. The van der Waals surface area contributed by atoms with Crippen molar-refractivity contribution in [3.8, 4) is 0 Å². The number of benzene rings is 1. The normalized spacial score (nSPS) is 16.7. The molecule has 5 nitrogen and oxygen atoms in total. The number of hydrogen-bond donors (Lipinski definition) is 1. The number of nitrogens with one attached hydrogen (secondary N) is 1. The minimum Gasteiger partial charge on any atom is -0.384 e. The molecular formula is C18H25FN2O3. The Bertz CT molecular complexity index is 554. The average Bonchev–Trinajstić information content (AvgIpc) is 2.60. The van der Waals surface area contributed by atoms with Gasteiger partial charge in [-0.3, -0.25) is 4.79 Å². The zero-order valence-electron chi connectivity index (χ0n) is 14.3. The fraction of sp³-hybridized carbons (Fsp3) is 0.556. The topological polar surface area (TPSA) is 58.6 Å². The average molecular weight is 336 g/mol. The summed E-state index contributed by atoms with van der Waals surface area (Å²) in [6.07, 6.45) is 1.27. The molecular weight excluding hydrogens is 311 g/mol. The largest absolute Gasteiger partial charge is 0.384 e. The number of rotatable bonds is 6. The maximum Gasteiger partial charge on any atom is 0.317 e. The van der Waals surface area contributed by atoms with Crippen LogP contribution >= 0.6 is 0 Å². The second kappa shape index (κ2) is 8.78. The fourth-order valence-electron chi connectivity index (χ4n) is 2.91. The molecule has 1 N–H and O–H groups in total. The monoisotopic (exact) mass is 336 g/mol. The minimum atomic E-state index is -0.347. The third-order valence-corrected chi connectivity index (χ3v) is 4.33. The van der Waals surface area contributed by atoms with Crippen molar-refractivity contribution < 1.29 is 18.7 Å². The van der Waals surface area contributed by atoms with Gasteiger partial charge in [-0.2, -0.15) is 0 Å². The Morgan fingerprint density at radius 3 is 2.50 bits per heavy atom. The van der Waals surface area contributed by atoms with E-state index in [1.807, 2.05) is 6.92 Å². The van der Waals surface area contributed by atoms with Gasteiger partial charge < -0.3 is 15.0 Å². The van der Waals surface area contributed by atoms with Crippen LogP contribution in [0, 0.1) is 17.7 Å². The number of likely N-dealkylation sites (tertiary alicyclic amines) is 1. The van der Waals surface area contributed by atoms with Crippen LogP contribution in [0.15, 0.2) is 24.3 Å². The zero-order valence-corrected chi connectivity index (χ0v) is 14.3. The highest BCUT2D eigenvalue weighted by molar-refractivity contribution is 5.98. The number of ketones is 1. The predicted molar refractivity (Wildman–Crippen MR) is 89.5 cm³/mol. The molecule has 1 aliphatic rings. The van der Waals surface area contributed by atoms with Crippen molar-refractivity contribution in [2.75, 3.05) is 33.4 Å². The number of hydrogen-bond acceptors (Lipinski definition) is 3. The molecule has 0 bridgehead atoms. The lowest BCUT2D eigenvalue weighted by Crippen LogP contribution is -2.46. The molecule has 0 aliphatic carbocycles. The van der Waals surface area contributed by atoms with Crippen LogP contribution in [-0.4, -0.2) is 50.1 Å². The maximum absolute atomic E-state index is 12.9. The summed E-state index contributed by atoms with van der Waals surface area (Å²) >= 11 is 0. The molecule has 1 heterocycles. The van der Waals surface area contributed by atoms with Gasteiger partial charge in [0.05, 0.1) is 6.61 Å². The quantitative estimate of drug-likeness (QED) is 0.813. The van der Waals surface area contributed by atoms with Crippen molar-refractivity contribution in [3.63, 3.8) is 0 Å². The van der Waals surface area contributed by atoms with Gasteiger partial charge in [0.25, 0.3) is 0 Å². The van der Waals surface area contributed by atoms with Crippen LogP contribution in [0.1, 0.15) is 30.1 Å². The van der Waals surface area contributed by atoms with E-state index in [9.17, 15) is 14.0 Å². The molecule has 1 saturated heterocycles. The number of carbonyl (C=O) groups excluding carboxylic acids is 2. The van der Waals surface area contributed by atoms with Crippen LogP contribution in [0.3, 0.4) is 0 Å². The van der Waals surface area contributed by atoms with Crippen molar-refractivity contribution in [2.24, 2.45) is 11.8 Å². The lowest BCUT2D eigenvalue weighted by molar-refractivity contribution is 0.0853. The van der Waals surface area contributed by atoms with Gasteiger partial charge in [0.2, 0.25) is 0 Å². The van der Waals surface area contributed by atoms with E-state index < -0.39 is 0 Å². The smallest absolute Gasteiger partial charge is 0.317 e. The predicted octanol–water partition coefficient (Wildman–Crippen LogP) is 2.71. The molecule has 1 fully saturated rings. The Labute approximate surface area is 142 Å². The van der Waals surface area contributed by atoms with E-state index in [0.29, 0.717) is 44.6 Å². The van der Waals surface area contributed by atoms with Gasteiger partial charge in [0.15, 0.2) is 5.78 Å². The lowest BCUT2D eigenvalue weighted by Gasteiger charge is -2.31. The second-order valence-corrected chi connectivity index (χ2v) is 6.38. The highest BCUT2D eigenvalue weighted by Gasteiger charge is 2.28. The number of urea groups is 1. The molecule has 2 rings (SSSR count). The molecule has 1 atom stereocenters. The highest BCUT2D eigenvalue weighted by atomic mass is 19.1. The molecule has 1 aromatic carbocycles. The lowest BCUT2D eigenvalue weighted by atomic mass is 9.89. The first-order valence-corrected chi connectivity index (χ1v) is 8.32. The number of halogens is 1. The molecule has 0 aromatic heterocycles. The van der Waals surface area contributed by atoms with Crippen molar-refractivity contribution in [2.45, 2.75) is 19.8 Å². The Morgan fingerprint density at radius 2 is 1.92 bits per heavy atom. The van der Waals surface area contributed by atoms with Gasteiger partial charge in [-0.15, -0.1) is 0 Å². The number of ether oxygens (including phenoxy) is 1. The summed E-state index contributed by atoms with van der Waals surface area (Å²) in [6.45, 7) is 4.30. The van der Waals surface area contributed by atoms with Gasteiger partial charge in [-0.05, 0) is 43.0 Å². The van der Waals surface area contributed by atoms with E-state index in [4.69, 9.17) is 4.74 Å². The van der Waals surface area contributed by atoms with Gasteiger partial charge in [-0.1, -0.05) is 6.92 Å². The Balaban J connectivity index is 1.79. The SMILES string of the molecule is COC[C@H](C)CNC(=O)N1CCC(C(=O)c2ccc(F)cc2)CC1. The van der Waals surface area contributed by atoms with Crippen LogP contribution in [0.4, 0.5) is 9.18 Å². The van der Waals surface area contributed by atoms with Gasteiger partial charge in [-0.25, -0.2) is 9.18 Å². The maximum atomic E-state index is 12.9. The summed E-state index contributed by atoms with van der Waals surface area (Å²) in [5.41, 5.74) is 0.535. The van der Waals surface area contributed by atoms with Gasteiger partial charge >= 0.3 is 6.03 Å². The van der Waals surface area contributed by atoms with E-state index in [1.54, 1.807) is 12.0 Å². The van der Waals surface area contributed by atoms with E-state index >= 15 is 0 Å². The first-order chi connectivity index (χ1) is 11.5. The number of piperidine rings is 1. The van der Waals surface area contributed by atoms with Crippen molar-refractivity contribution >= 4 is 11.8 Å². The van der Waals surface area contributed by atoms with Crippen LogP contribution in [0.25, 0.3) is 0 Å². The van der Waals surface area contributed by atoms with Crippen LogP contribution in [-0.2, 0) is 4.74 Å². The first-order valence-electron chi connectivity index (χ1n) is 8.32. The third-order valence-electron chi connectivity index (χ3n) is 4.33. The summed E-state index contributed by atoms with van der Waals surface area (Å²) in [5, 5.41) is 2.90. The van der Waals surface area contributed by atoms with Gasteiger partial charge in [0, 0.05) is 38.2 Å². The van der Waals surface area contributed by atoms with E-state index in [1.165, 1.54) is 24.3 Å². The van der Waals surface area contributed by atoms with Crippen LogP contribution in [0.2, 0.25) is 0 Å². The summed E-state index contributed by atoms with van der Waals surface area (Å²) in [5.74, 6) is -0.159. The summed E-state index contributed by atoms with van der Waals surface area (Å²) < 4.78 is 18.0. The fourth-order valence-corrected chi connectivity index (χ4v) is 2.91. The highest BCUT2D eigenvalue weighted by Crippen LogP contribution is 2.22. The Hall–Kier alpha value is -1.95. The summed E-state index contributed by atoms with van der Waals surface area (Å²) in [7, 11) is 1.64. The molecule has 0 radical (unpaired) electrons. The molecule has 6 heteroatoms. The summed E-state index contributed by atoms with van der Waals surface area (Å²) in [4.78, 5) is 26.3. The Kier molecular flexibility index (Phi) is 6.73. The Morgan fingerprint density at radius 1 is 1.29 bits per heavy atom. The second-order valence-electron chi connectivity index (χ2n) is 6.38. The summed E-state index contributed by atoms with van der Waals surface area (Å²) in [6, 6.07) is 5.56. The standard InChI is InChI=1S/C18H25FN2O3/c1-13(12-24-2)11-20-18(23)21-9-7-15(8-10-21)17(22)14-3-5-16(19)6-4-14/h3-6,13,15H,7-12H2,1-2H3,(H,20,23)/t13-/m1/s1. The number of nitrogens with zero attached hydrogens (tertiary/aromatic N) is 1. The molecule has 1 aliphatic heterocycles.